The van der Waals surface area contributed by atoms with E-state index in [1.165, 1.54) is 4.90 Å². The van der Waals surface area contributed by atoms with E-state index in [9.17, 15) is 0 Å². The van der Waals surface area contributed by atoms with Crippen LogP contribution in [-0.4, -0.2) is 17.9 Å². The van der Waals surface area contributed by atoms with E-state index in [1.54, 1.807) is 11.8 Å². The van der Waals surface area contributed by atoms with Crippen molar-refractivity contribution in [3.63, 3.8) is 0 Å². The molecule has 1 aromatic rings. The summed E-state index contributed by atoms with van der Waals surface area (Å²) in [7, 11) is 0. The molecule has 0 saturated carbocycles. The van der Waals surface area contributed by atoms with Crippen LogP contribution in [0.3, 0.4) is 0 Å². The van der Waals surface area contributed by atoms with Gasteiger partial charge in [-0.2, -0.15) is 0 Å². The second-order valence-electron chi connectivity index (χ2n) is 3.11. The standard InChI is InChI=1S/C11H16N2S2/c1-3-8-12-11(14)13-9-4-6-10(15-2)7-5-9/h4-7H,3,8H2,1-2H3,(H2,12,13,14). The first-order chi connectivity index (χ1) is 7.26. The molecule has 82 valence electrons. The number of hydrogen-bond acceptors (Lipinski definition) is 2. The average Bonchev–Trinajstić information content (AvgIpc) is 2.27. The van der Waals surface area contributed by atoms with Crippen LogP contribution in [0.4, 0.5) is 5.69 Å². The van der Waals surface area contributed by atoms with Gasteiger partial charge in [0, 0.05) is 17.1 Å². The molecule has 1 rings (SSSR count). The highest BCUT2D eigenvalue weighted by Gasteiger charge is 1.96. The maximum absolute atomic E-state index is 5.14. The molecule has 0 saturated heterocycles. The lowest BCUT2D eigenvalue weighted by molar-refractivity contribution is 0.846. The van der Waals surface area contributed by atoms with Gasteiger partial charge in [0.05, 0.1) is 0 Å². The second kappa shape index (κ2) is 6.69. The largest absolute Gasteiger partial charge is 0.362 e. The van der Waals surface area contributed by atoms with E-state index in [1.807, 2.05) is 12.1 Å². The molecule has 4 heteroatoms. The Morgan fingerprint density at radius 1 is 1.33 bits per heavy atom. The smallest absolute Gasteiger partial charge is 0.170 e. The summed E-state index contributed by atoms with van der Waals surface area (Å²) in [4.78, 5) is 1.26. The van der Waals surface area contributed by atoms with Gasteiger partial charge in [-0.05, 0) is 49.2 Å². The van der Waals surface area contributed by atoms with Gasteiger partial charge < -0.3 is 10.6 Å². The molecule has 0 fully saturated rings. The molecule has 0 spiro atoms. The van der Waals surface area contributed by atoms with Crippen molar-refractivity contribution in [1.29, 1.82) is 0 Å². The van der Waals surface area contributed by atoms with E-state index < -0.39 is 0 Å². The van der Waals surface area contributed by atoms with Gasteiger partial charge >= 0.3 is 0 Å². The third-order valence-electron chi connectivity index (χ3n) is 1.88. The first kappa shape index (κ1) is 12.3. The normalized spacial score (nSPS) is 9.73. The predicted molar refractivity (Wildman–Crippen MR) is 72.7 cm³/mol. The summed E-state index contributed by atoms with van der Waals surface area (Å²) in [5.74, 6) is 0. The van der Waals surface area contributed by atoms with E-state index in [0.29, 0.717) is 5.11 Å². The molecule has 2 nitrogen and oxygen atoms in total. The Balaban J connectivity index is 2.46. The Morgan fingerprint density at radius 2 is 2.00 bits per heavy atom. The summed E-state index contributed by atoms with van der Waals surface area (Å²) in [6.45, 7) is 3.03. The van der Waals surface area contributed by atoms with Crippen LogP contribution in [0, 0.1) is 0 Å². The summed E-state index contributed by atoms with van der Waals surface area (Å²) in [5, 5.41) is 6.95. The van der Waals surface area contributed by atoms with Crippen LogP contribution < -0.4 is 10.6 Å². The van der Waals surface area contributed by atoms with Crippen molar-refractivity contribution in [3.05, 3.63) is 24.3 Å². The van der Waals surface area contributed by atoms with Gasteiger partial charge in [0.1, 0.15) is 0 Å². The topological polar surface area (TPSA) is 24.1 Å². The van der Waals surface area contributed by atoms with Crippen molar-refractivity contribution < 1.29 is 0 Å². The molecule has 0 radical (unpaired) electrons. The number of nitrogens with one attached hydrogen (secondary N) is 2. The van der Waals surface area contributed by atoms with E-state index >= 15 is 0 Å². The first-order valence-corrected chi connectivity index (χ1v) is 6.58. The molecular weight excluding hydrogens is 224 g/mol. The molecule has 0 unspecified atom stereocenters. The minimum absolute atomic E-state index is 0.689. The van der Waals surface area contributed by atoms with Crippen molar-refractivity contribution in [1.82, 2.24) is 5.32 Å². The maximum atomic E-state index is 5.14. The quantitative estimate of drug-likeness (QED) is 0.624. The maximum Gasteiger partial charge on any atom is 0.170 e. The first-order valence-electron chi connectivity index (χ1n) is 4.95. The Morgan fingerprint density at radius 3 is 2.53 bits per heavy atom. The van der Waals surface area contributed by atoms with Gasteiger partial charge in [0.25, 0.3) is 0 Å². The van der Waals surface area contributed by atoms with Gasteiger partial charge in [-0.15, -0.1) is 11.8 Å². The molecule has 15 heavy (non-hydrogen) atoms. The molecule has 1 aromatic carbocycles. The van der Waals surface area contributed by atoms with Crippen LogP contribution in [0.2, 0.25) is 0 Å². The lowest BCUT2D eigenvalue weighted by Gasteiger charge is -2.09. The SMILES string of the molecule is CCCNC(=S)Nc1ccc(SC)cc1. The highest BCUT2D eigenvalue weighted by atomic mass is 32.2. The number of hydrogen-bond donors (Lipinski definition) is 2. The Kier molecular flexibility index (Phi) is 5.50. The van der Waals surface area contributed by atoms with Crippen LogP contribution in [0.15, 0.2) is 29.2 Å². The van der Waals surface area contributed by atoms with Gasteiger partial charge in [0.15, 0.2) is 5.11 Å². The highest BCUT2D eigenvalue weighted by Crippen LogP contribution is 2.17. The van der Waals surface area contributed by atoms with Crippen LogP contribution in [0.5, 0.6) is 0 Å². The lowest BCUT2D eigenvalue weighted by atomic mass is 10.3. The summed E-state index contributed by atoms with van der Waals surface area (Å²) >= 11 is 6.87. The second-order valence-corrected chi connectivity index (χ2v) is 4.40. The van der Waals surface area contributed by atoms with E-state index in [2.05, 4.69) is 35.9 Å². The minimum atomic E-state index is 0.689. The zero-order valence-electron chi connectivity index (χ0n) is 9.04. The molecular formula is C11H16N2S2. The van der Waals surface area contributed by atoms with Crippen LogP contribution in [0.1, 0.15) is 13.3 Å². The average molecular weight is 240 g/mol. The molecule has 0 heterocycles. The van der Waals surface area contributed by atoms with Gasteiger partial charge in [-0.3, -0.25) is 0 Å². The summed E-state index contributed by atoms with van der Waals surface area (Å²) in [6.07, 6.45) is 3.14. The molecule has 0 atom stereocenters. The Hall–Kier alpha value is -0.740. The number of thiocarbonyl (C=S) groups is 1. The van der Waals surface area contributed by atoms with Crippen molar-refractivity contribution >= 4 is 34.8 Å². The van der Waals surface area contributed by atoms with Crippen LogP contribution in [-0.2, 0) is 0 Å². The van der Waals surface area contributed by atoms with Gasteiger partial charge in [-0.25, -0.2) is 0 Å². The monoisotopic (exact) mass is 240 g/mol. The predicted octanol–water partition coefficient (Wildman–Crippen LogP) is 3.10. The summed E-state index contributed by atoms with van der Waals surface area (Å²) in [6, 6.07) is 8.22. The number of rotatable bonds is 4. The Labute approximate surface area is 101 Å². The highest BCUT2D eigenvalue weighted by molar-refractivity contribution is 7.98. The summed E-state index contributed by atoms with van der Waals surface area (Å²) < 4.78 is 0. The van der Waals surface area contributed by atoms with Crippen molar-refractivity contribution in [3.8, 4) is 0 Å². The fraction of sp³-hybridized carbons (Fsp3) is 0.364. The van der Waals surface area contributed by atoms with Crippen molar-refractivity contribution in [2.45, 2.75) is 18.2 Å². The van der Waals surface area contributed by atoms with Gasteiger partial charge in [0.2, 0.25) is 0 Å². The molecule has 0 aliphatic carbocycles. The minimum Gasteiger partial charge on any atom is -0.362 e. The van der Waals surface area contributed by atoms with E-state index in [0.717, 1.165) is 18.7 Å². The molecule has 0 bridgehead atoms. The summed E-state index contributed by atoms with van der Waals surface area (Å²) in [5.41, 5.74) is 1.03. The fourth-order valence-corrected chi connectivity index (χ4v) is 1.72. The van der Waals surface area contributed by atoms with Crippen LogP contribution in [0.25, 0.3) is 0 Å². The number of thioether (sulfide) groups is 1. The van der Waals surface area contributed by atoms with E-state index in [-0.39, 0.29) is 0 Å². The van der Waals surface area contributed by atoms with E-state index in [4.69, 9.17) is 12.2 Å². The molecule has 0 aliphatic heterocycles. The fourth-order valence-electron chi connectivity index (χ4n) is 1.09. The number of benzene rings is 1. The van der Waals surface area contributed by atoms with Crippen LogP contribution >= 0.6 is 24.0 Å². The molecule has 0 aromatic heterocycles. The molecule has 0 amide bonds. The molecule has 2 N–H and O–H groups in total. The zero-order valence-corrected chi connectivity index (χ0v) is 10.7. The lowest BCUT2D eigenvalue weighted by Crippen LogP contribution is -2.28. The third-order valence-corrected chi connectivity index (χ3v) is 2.87. The van der Waals surface area contributed by atoms with Crippen molar-refractivity contribution in [2.24, 2.45) is 0 Å². The Bertz CT molecular complexity index is 309. The third kappa shape index (κ3) is 4.53. The molecule has 0 aliphatic rings. The van der Waals surface area contributed by atoms with Gasteiger partial charge in [-0.1, -0.05) is 6.92 Å². The number of anilines is 1. The van der Waals surface area contributed by atoms with Crippen molar-refractivity contribution in [2.75, 3.05) is 18.1 Å². The zero-order chi connectivity index (χ0) is 11.1.